The number of imidazole rings is 1. The highest BCUT2D eigenvalue weighted by Gasteiger charge is 2.48. The Morgan fingerprint density at radius 1 is 0.513 bits per heavy atom. The van der Waals surface area contributed by atoms with Crippen LogP contribution in [0.3, 0.4) is 0 Å². The summed E-state index contributed by atoms with van der Waals surface area (Å²) in [6, 6.07) is 66.3. The maximum absolute atomic E-state index is 6.02. The van der Waals surface area contributed by atoms with Crippen LogP contribution in [0.15, 0.2) is 182 Å². The normalized spacial score (nSPS) is 13.5. The molecule has 4 heteroatoms. The van der Waals surface area contributed by atoms with Gasteiger partial charge >= 0.3 is 0 Å². The van der Waals surface area contributed by atoms with Crippen molar-refractivity contribution in [3.05, 3.63) is 232 Å². The fraction of sp³-hybridized carbons (Fsp3) is 0.250. The maximum atomic E-state index is 6.02. The summed E-state index contributed by atoms with van der Waals surface area (Å²) in [5.41, 5.74) is 23.8. The zero-order chi connectivity index (χ0) is 53.0. The van der Waals surface area contributed by atoms with Crippen LogP contribution in [0.2, 0.25) is 0 Å². The first-order valence-corrected chi connectivity index (χ1v) is 27.6. The maximum Gasteiger partial charge on any atom is 0.147 e. The summed E-state index contributed by atoms with van der Waals surface area (Å²) in [4.78, 5) is 15.4. The highest BCUT2D eigenvalue weighted by atomic mass is 15.1. The van der Waals surface area contributed by atoms with E-state index in [1.165, 1.54) is 72.0 Å². The summed E-state index contributed by atoms with van der Waals surface area (Å²) in [7, 11) is 0. The van der Waals surface area contributed by atoms with Gasteiger partial charge in [-0.15, -0.1) is 0 Å². The number of hydrogen-bond donors (Lipinski definition) is 1. The lowest BCUT2D eigenvalue weighted by Crippen LogP contribution is -2.30. The number of benzene rings is 8. The summed E-state index contributed by atoms with van der Waals surface area (Å²) in [6.45, 7) is 27.8. The first-order valence-electron chi connectivity index (χ1n) is 27.6. The Balaban J connectivity index is 1.20. The van der Waals surface area contributed by atoms with Crippen molar-refractivity contribution in [1.82, 2.24) is 19.5 Å². The van der Waals surface area contributed by atoms with E-state index in [0.29, 0.717) is 17.8 Å². The monoisotopic (exact) mass is 991 g/mol. The highest BCUT2D eigenvalue weighted by Crippen LogP contribution is 2.57. The molecule has 76 heavy (non-hydrogen) atoms. The van der Waals surface area contributed by atoms with Gasteiger partial charge in [-0.2, -0.15) is 0 Å². The summed E-state index contributed by atoms with van der Waals surface area (Å²) in [6.07, 6.45) is 2.03. The van der Waals surface area contributed by atoms with Crippen molar-refractivity contribution in [3.8, 4) is 50.5 Å². The van der Waals surface area contributed by atoms with Crippen molar-refractivity contribution in [2.75, 3.05) is 0 Å². The topological polar surface area (TPSA) is 46.5 Å². The summed E-state index contributed by atoms with van der Waals surface area (Å²) >= 11 is 0. The van der Waals surface area contributed by atoms with Crippen LogP contribution in [0.4, 0.5) is 0 Å². The molecule has 1 aliphatic rings. The smallest absolute Gasteiger partial charge is 0.147 e. The Morgan fingerprint density at radius 2 is 1.18 bits per heavy atom. The second-order valence-electron chi connectivity index (χ2n) is 24.5. The van der Waals surface area contributed by atoms with Crippen LogP contribution >= 0.6 is 0 Å². The number of fused-ring (bicyclic) bond motifs is 7. The van der Waals surface area contributed by atoms with E-state index < -0.39 is 5.41 Å². The lowest BCUT2D eigenvalue weighted by Gasteiger charge is -2.35. The largest absolute Gasteiger partial charge is 0.354 e. The Kier molecular flexibility index (Phi) is 11.7. The van der Waals surface area contributed by atoms with Gasteiger partial charge in [0.25, 0.3) is 0 Å². The fourth-order valence-electron chi connectivity index (χ4n) is 12.6. The zero-order valence-corrected chi connectivity index (χ0v) is 46.4. The van der Waals surface area contributed by atoms with Crippen LogP contribution in [0.25, 0.3) is 83.3 Å². The first kappa shape index (κ1) is 49.1. The highest BCUT2D eigenvalue weighted by molar-refractivity contribution is 6.15. The first-order chi connectivity index (χ1) is 36.4. The SMILES string of the molecule is CC(C)c1ccnc(C2(c3cc(-c4cccc5c4nc(-c4cc(-c6ccccc6)cc6c4[nH]c4cccc(C(C)(C)C)c46)n5-c4ccc(C(C)C)c(C(C)C)c4)cc(C(C)(C)C)c3)c3ccccc3-c3ccccc32)c1. The van der Waals surface area contributed by atoms with Crippen LogP contribution in [-0.2, 0) is 16.2 Å². The van der Waals surface area contributed by atoms with E-state index in [-0.39, 0.29) is 10.8 Å². The predicted molar refractivity (Wildman–Crippen MR) is 322 cm³/mol. The molecule has 0 radical (unpaired) electrons. The molecule has 1 aliphatic carbocycles. The van der Waals surface area contributed by atoms with Gasteiger partial charge in [-0.25, -0.2) is 4.98 Å². The van der Waals surface area contributed by atoms with Crippen LogP contribution in [0.5, 0.6) is 0 Å². The average Bonchev–Trinajstić information content (AvgIpc) is 4.25. The minimum Gasteiger partial charge on any atom is -0.354 e. The van der Waals surface area contributed by atoms with Gasteiger partial charge in [-0.3, -0.25) is 9.55 Å². The standard InChI is InChI=1S/C72H70N4/c1-43(2)47-34-35-73-65(40-47)72(60-27-18-16-24-55(60)56-25-17-19-28-61(56)72)51-37-49(36-50(41-51)70(7,8)9)54-26-20-31-64-68(54)75-69(76(64)52-32-33-53(44(3)4)57(42-52)45(5)6)59-39-48(46-22-14-13-15-23-46)38-58-66-62(71(10,11)12)29-21-30-63(66)74-67(58)59/h13-45,74H,1-12H3. The van der Waals surface area contributed by atoms with E-state index in [1.54, 1.807) is 0 Å². The molecule has 378 valence electrons. The van der Waals surface area contributed by atoms with Gasteiger partial charge in [0.1, 0.15) is 5.82 Å². The molecule has 4 nitrogen and oxygen atoms in total. The lowest BCUT2D eigenvalue weighted by atomic mass is 9.67. The third-order valence-electron chi connectivity index (χ3n) is 16.5. The molecule has 0 saturated heterocycles. The van der Waals surface area contributed by atoms with E-state index in [4.69, 9.17) is 9.97 Å². The van der Waals surface area contributed by atoms with Crippen molar-refractivity contribution in [2.24, 2.45) is 0 Å². The number of aromatic nitrogens is 4. The molecule has 1 N–H and O–H groups in total. The van der Waals surface area contributed by atoms with Crippen molar-refractivity contribution < 1.29 is 0 Å². The summed E-state index contributed by atoms with van der Waals surface area (Å²) in [5.74, 6) is 1.95. The Bertz CT molecular complexity index is 4010. The molecule has 11 aromatic rings. The molecule has 0 bridgehead atoms. The van der Waals surface area contributed by atoms with E-state index in [9.17, 15) is 0 Å². The van der Waals surface area contributed by atoms with E-state index in [2.05, 4.69) is 269 Å². The van der Waals surface area contributed by atoms with Gasteiger partial charge in [-0.1, -0.05) is 204 Å². The van der Waals surface area contributed by atoms with Crippen molar-refractivity contribution in [1.29, 1.82) is 0 Å². The van der Waals surface area contributed by atoms with E-state index in [0.717, 1.165) is 61.5 Å². The number of nitrogens with one attached hydrogen (secondary N) is 1. The minimum absolute atomic E-state index is 0.0834. The lowest BCUT2D eigenvalue weighted by molar-refractivity contribution is 0.587. The molecule has 3 aromatic heterocycles. The molecule has 0 spiro atoms. The van der Waals surface area contributed by atoms with Crippen LogP contribution < -0.4 is 0 Å². The Hall–Kier alpha value is -7.82. The van der Waals surface area contributed by atoms with Crippen molar-refractivity contribution in [2.45, 2.75) is 117 Å². The van der Waals surface area contributed by atoms with Crippen LogP contribution in [0.1, 0.15) is 151 Å². The zero-order valence-electron chi connectivity index (χ0n) is 46.4. The molecule has 0 unspecified atom stereocenters. The van der Waals surface area contributed by atoms with Crippen molar-refractivity contribution in [3.63, 3.8) is 0 Å². The molecule has 0 atom stereocenters. The molecular weight excluding hydrogens is 921 g/mol. The number of rotatable bonds is 9. The molecule has 0 aliphatic heterocycles. The Morgan fingerprint density at radius 3 is 1.86 bits per heavy atom. The van der Waals surface area contributed by atoms with E-state index >= 15 is 0 Å². The van der Waals surface area contributed by atoms with Gasteiger partial charge < -0.3 is 4.98 Å². The number of hydrogen-bond acceptors (Lipinski definition) is 2. The number of pyridine rings is 1. The van der Waals surface area contributed by atoms with Gasteiger partial charge in [0.2, 0.25) is 0 Å². The molecule has 8 aromatic carbocycles. The minimum atomic E-state index is -0.692. The molecule has 0 amide bonds. The summed E-state index contributed by atoms with van der Waals surface area (Å²) in [5, 5.41) is 2.47. The third kappa shape index (κ3) is 7.86. The molecule has 0 fully saturated rings. The van der Waals surface area contributed by atoms with Crippen LogP contribution in [-0.4, -0.2) is 19.5 Å². The molecule has 12 rings (SSSR count). The van der Waals surface area contributed by atoms with Gasteiger partial charge in [-0.05, 0) is 156 Å². The summed E-state index contributed by atoms with van der Waals surface area (Å²) < 4.78 is 2.45. The number of nitrogens with zero attached hydrogens (tertiary/aromatic N) is 3. The van der Waals surface area contributed by atoms with E-state index in [1.807, 2.05) is 6.20 Å². The fourth-order valence-corrected chi connectivity index (χ4v) is 12.6. The quantitative estimate of drug-likeness (QED) is 0.157. The molecule has 3 heterocycles. The van der Waals surface area contributed by atoms with Gasteiger partial charge in [0, 0.05) is 39.3 Å². The second-order valence-corrected chi connectivity index (χ2v) is 24.5. The Labute approximate surface area is 450 Å². The second kappa shape index (κ2) is 18.2. The molecular formula is C72H70N4. The number of para-hydroxylation sites is 1. The number of H-pyrrole nitrogens is 1. The van der Waals surface area contributed by atoms with Gasteiger partial charge in [0.15, 0.2) is 0 Å². The predicted octanol–water partition coefficient (Wildman–Crippen LogP) is 19.4. The third-order valence-corrected chi connectivity index (χ3v) is 16.5. The number of aromatic amines is 1. The van der Waals surface area contributed by atoms with Crippen LogP contribution in [0, 0.1) is 0 Å². The van der Waals surface area contributed by atoms with Gasteiger partial charge in [0.05, 0.1) is 27.7 Å². The molecule has 0 saturated carbocycles. The average molecular weight is 991 g/mol. The van der Waals surface area contributed by atoms with Crippen molar-refractivity contribution >= 4 is 32.8 Å².